The Morgan fingerprint density at radius 1 is 1.27 bits per heavy atom. The van der Waals surface area contributed by atoms with Gasteiger partial charge in [-0.1, -0.05) is 37.3 Å². The first kappa shape index (κ1) is 12.2. The van der Waals surface area contributed by atoms with E-state index in [1.54, 1.807) is 0 Å². The minimum absolute atomic E-state index is 0.158. The molecule has 1 aromatic carbocycles. The van der Waals surface area contributed by atoms with E-state index >= 15 is 0 Å². The van der Waals surface area contributed by atoms with Crippen molar-refractivity contribution in [2.24, 2.45) is 0 Å². The fraction of sp³-hybridized carbons (Fsp3) is 0.538. The van der Waals surface area contributed by atoms with Crippen LogP contribution >= 0.6 is 0 Å². The molecule has 1 rings (SSSR count). The average Bonchev–Trinajstić information content (AvgIpc) is 2.29. The Labute approximate surface area is 92.6 Å². The molecule has 2 atom stereocenters. The highest BCUT2D eigenvalue weighted by Crippen LogP contribution is 2.18. The molecule has 0 aliphatic heterocycles. The van der Waals surface area contributed by atoms with Crippen LogP contribution in [-0.4, -0.2) is 19.7 Å². The maximum atomic E-state index is 5.96. The second kappa shape index (κ2) is 6.59. The van der Waals surface area contributed by atoms with Crippen molar-refractivity contribution in [1.82, 2.24) is 5.32 Å². The number of hydrogen-bond donors (Lipinski definition) is 1. The topological polar surface area (TPSA) is 21.3 Å². The van der Waals surface area contributed by atoms with Gasteiger partial charge >= 0.3 is 0 Å². The normalized spacial score (nSPS) is 14.9. The molecule has 1 aromatic rings. The van der Waals surface area contributed by atoms with Crippen LogP contribution in [0, 0.1) is 0 Å². The van der Waals surface area contributed by atoms with Gasteiger partial charge in [-0.3, -0.25) is 0 Å². The summed E-state index contributed by atoms with van der Waals surface area (Å²) in [5, 5.41) is 3.17. The van der Waals surface area contributed by atoms with Crippen molar-refractivity contribution in [3.63, 3.8) is 0 Å². The van der Waals surface area contributed by atoms with E-state index < -0.39 is 0 Å². The van der Waals surface area contributed by atoms with Crippen LogP contribution in [0.2, 0.25) is 0 Å². The Morgan fingerprint density at radius 3 is 2.47 bits per heavy atom. The highest BCUT2D eigenvalue weighted by Gasteiger charge is 2.13. The van der Waals surface area contributed by atoms with Gasteiger partial charge in [-0.15, -0.1) is 0 Å². The van der Waals surface area contributed by atoms with Crippen molar-refractivity contribution >= 4 is 0 Å². The molecule has 0 saturated carbocycles. The lowest BCUT2D eigenvalue weighted by Gasteiger charge is -2.22. The monoisotopic (exact) mass is 207 g/mol. The van der Waals surface area contributed by atoms with Crippen molar-refractivity contribution in [3.05, 3.63) is 35.9 Å². The molecule has 0 aliphatic carbocycles. The van der Waals surface area contributed by atoms with E-state index in [2.05, 4.69) is 43.4 Å². The molecule has 0 aromatic heterocycles. The van der Waals surface area contributed by atoms with E-state index in [1.807, 2.05) is 13.1 Å². The molecule has 0 spiro atoms. The molecule has 84 valence electrons. The second-order valence-corrected chi connectivity index (χ2v) is 3.81. The molecule has 1 N–H and O–H groups in total. The number of ether oxygens (including phenoxy) is 1. The first-order valence-electron chi connectivity index (χ1n) is 5.63. The van der Waals surface area contributed by atoms with Crippen LogP contribution in [0.5, 0.6) is 0 Å². The summed E-state index contributed by atoms with van der Waals surface area (Å²) in [5.74, 6) is 0. The van der Waals surface area contributed by atoms with Crippen molar-refractivity contribution < 1.29 is 4.74 Å². The largest absolute Gasteiger partial charge is 0.369 e. The zero-order valence-electron chi connectivity index (χ0n) is 9.86. The fourth-order valence-electron chi connectivity index (χ4n) is 1.47. The highest BCUT2D eigenvalue weighted by atomic mass is 16.5. The maximum absolute atomic E-state index is 5.96. The third-order valence-electron chi connectivity index (χ3n) is 2.53. The van der Waals surface area contributed by atoms with Gasteiger partial charge in [-0.25, -0.2) is 0 Å². The van der Waals surface area contributed by atoms with Crippen molar-refractivity contribution in [2.45, 2.75) is 32.5 Å². The zero-order valence-corrected chi connectivity index (χ0v) is 9.86. The van der Waals surface area contributed by atoms with Crippen LogP contribution in [0.25, 0.3) is 0 Å². The first-order valence-corrected chi connectivity index (χ1v) is 5.63. The molecule has 2 nitrogen and oxygen atoms in total. The molecule has 2 heteroatoms. The van der Waals surface area contributed by atoms with Crippen molar-refractivity contribution in [2.75, 3.05) is 13.6 Å². The van der Waals surface area contributed by atoms with E-state index in [0.717, 1.165) is 13.0 Å². The number of benzene rings is 1. The summed E-state index contributed by atoms with van der Waals surface area (Å²) in [6.45, 7) is 5.12. The van der Waals surface area contributed by atoms with Gasteiger partial charge in [0.2, 0.25) is 0 Å². The van der Waals surface area contributed by atoms with Crippen LogP contribution in [0.4, 0.5) is 0 Å². The quantitative estimate of drug-likeness (QED) is 0.774. The van der Waals surface area contributed by atoms with E-state index in [4.69, 9.17) is 4.74 Å². The number of likely N-dealkylation sites (N-methyl/N-ethyl adjacent to an activating group) is 1. The summed E-state index contributed by atoms with van der Waals surface area (Å²) in [4.78, 5) is 0. The minimum atomic E-state index is 0.158. The third kappa shape index (κ3) is 4.02. The standard InChI is InChI=1S/C13H21NO/c1-4-11(2)15-13(10-14-3)12-8-6-5-7-9-12/h5-9,11,13-14H,4,10H2,1-3H3. The average molecular weight is 207 g/mol. The smallest absolute Gasteiger partial charge is 0.0952 e. The Kier molecular flexibility index (Phi) is 5.37. The van der Waals surface area contributed by atoms with Gasteiger partial charge in [0.1, 0.15) is 0 Å². The van der Waals surface area contributed by atoms with Crippen molar-refractivity contribution in [3.8, 4) is 0 Å². The fourth-order valence-corrected chi connectivity index (χ4v) is 1.47. The summed E-state index contributed by atoms with van der Waals surface area (Å²) in [5.41, 5.74) is 1.24. The summed E-state index contributed by atoms with van der Waals surface area (Å²) < 4.78 is 5.96. The number of rotatable bonds is 6. The molecule has 0 fully saturated rings. The lowest BCUT2D eigenvalue weighted by molar-refractivity contribution is -0.00358. The molecule has 0 amide bonds. The summed E-state index contributed by atoms with van der Waals surface area (Å²) in [6.07, 6.45) is 1.52. The molecule has 0 saturated heterocycles. The summed E-state index contributed by atoms with van der Waals surface area (Å²) in [6, 6.07) is 10.4. The van der Waals surface area contributed by atoms with Crippen LogP contribution < -0.4 is 5.32 Å². The van der Waals surface area contributed by atoms with Gasteiger partial charge in [0.05, 0.1) is 12.2 Å². The summed E-state index contributed by atoms with van der Waals surface area (Å²) >= 11 is 0. The molecule has 15 heavy (non-hydrogen) atoms. The highest BCUT2D eigenvalue weighted by molar-refractivity contribution is 5.17. The molecule has 0 aliphatic rings. The second-order valence-electron chi connectivity index (χ2n) is 3.81. The lowest BCUT2D eigenvalue weighted by Crippen LogP contribution is -2.23. The van der Waals surface area contributed by atoms with E-state index in [1.165, 1.54) is 5.56 Å². The van der Waals surface area contributed by atoms with E-state index in [-0.39, 0.29) is 6.10 Å². The predicted octanol–water partition coefficient (Wildman–Crippen LogP) is 2.76. The van der Waals surface area contributed by atoms with Crippen LogP contribution in [0.1, 0.15) is 31.9 Å². The predicted molar refractivity (Wildman–Crippen MR) is 63.9 cm³/mol. The Bertz CT molecular complexity index is 260. The van der Waals surface area contributed by atoms with Crippen molar-refractivity contribution in [1.29, 1.82) is 0 Å². The van der Waals surface area contributed by atoms with Crippen LogP contribution in [-0.2, 0) is 4.74 Å². The molecule has 0 heterocycles. The molecule has 0 radical (unpaired) electrons. The van der Waals surface area contributed by atoms with Gasteiger partial charge in [0, 0.05) is 6.54 Å². The van der Waals surface area contributed by atoms with Gasteiger partial charge in [0.25, 0.3) is 0 Å². The molecular formula is C13H21NO. The first-order chi connectivity index (χ1) is 7.27. The minimum Gasteiger partial charge on any atom is -0.369 e. The Hall–Kier alpha value is -0.860. The van der Waals surface area contributed by atoms with Gasteiger partial charge in [-0.2, -0.15) is 0 Å². The number of hydrogen-bond acceptors (Lipinski definition) is 2. The van der Waals surface area contributed by atoms with E-state index in [0.29, 0.717) is 6.10 Å². The molecular weight excluding hydrogens is 186 g/mol. The van der Waals surface area contributed by atoms with Gasteiger partial charge in [0.15, 0.2) is 0 Å². The molecule has 0 bridgehead atoms. The Morgan fingerprint density at radius 2 is 1.93 bits per heavy atom. The third-order valence-corrected chi connectivity index (χ3v) is 2.53. The summed E-state index contributed by atoms with van der Waals surface area (Å²) in [7, 11) is 1.95. The van der Waals surface area contributed by atoms with Crippen LogP contribution in [0.15, 0.2) is 30.3 Å². The van der Waals surface area contributed by atoms with E-state index in [9.17, 15) is 0 Å². The number of nitrogens with one attached hydrogen (secondary N) is 1. The lowest BCUT2D eigenvalue weighted by atomic mass is 10.1. The Balaban J connectivity index is 2.65. The zero-order chi connectivity index (χ0) is 11.1. The maximum Gasteiger partial charge on any atom is 0.0952 e. The van der Waals surface area contributed by atoms with Gasteiger partial charge in [-0.05, 0) is 26.0 Å². The molecule has 2 unspecified atom stereocenters. The van der Waals surface area contributed by atoms with Gasteiger partial charge < -0.3 is 10.1 Å². The SMILES string of the molecule is CCC(C)OC(CNC)c1ccccc1. The van der Waals surface area contributed by atoms with Crippen LogP contribution in [0.3, 0.4) is 0 Å².